The van der Waals surface area contributed by atoms with E-state index in [1.807, 2.05) is 0 Å². The molecule has 0 atom stereocenters. The first-order chi connectivity index (χ1) is 8.15. The van der Waals surface area contributed by atoms with E-state index in [0.29, 0.717) is 5.75 Å². The fraction of sp³-hybridized carbons (Fsp3) is 0. The average Bonchev–Trinajstić information content (AvgIpc) is 2.32. The molecule has 0 aromatic carbocycles. The Morgan fingerprint density at radius 1 is 1.24 bits per heavy atom. The van der Waals surface area contributed by atoms with Crippen molar-refractivity contribution in [3.63, 3.8) is 0 Å². The van der Waals surface area contributed by atoms with Gasteiger partial charge in [0.15, 0.2) is 0 Å². The lowest BCUT2D eigenvalue weighted by atomic mass is 10.3. The van der Waals surface area contributed by atoms with Crippen LogP contribution in [0.1, 0.15) is 10.4 Å². The van der Waals surface area contributed by atoms with Crippen molar-refractivity contribution in [2.75, 3.05) is 0 Å². The van der Waals surface area contributed by atoms with Gasteiger partial charge < -0.3 is 10.5 Å². The van der Waals surface area contributed by atoms with Crippen molar-refractivity contribution >= 4 is 21.8 Å². The fourth-order valence-corrected chi connectivity index (χ4v) is 1.27. The Labute approximate surface area is 105 Å². The van der Waals surface area contributed by atoms with Crippen LogP contribution >= 0.6 is 15.9 Å². The van der Waals surface area contributed by atoms with Crippen LogP contribution in [0.5, 0.6) is 11.8 Å². The maximum absolute atomic E-state index is 10.9. The molecule has 17 heavy (non-hydrogen) atoms. The molecular weight excluding hydrogens is 288 g/mol. The molecule has 2 N–H and O–H groups in total. The molecule has 2 aromatic heterocycles. The molecule has 0 aliphatic heterocycles. The lowest BCUT2D eigenvalue weighted by Gasteiger charge is -2.03. The van der Waals surface area contributed by atoms with E-state index in [1.54, 1.807) is 12.4 Å². The minimum absolute atomic E-state index is 0.164. The van der Waals surface area contributed by atoms with Crippen LogP contribution in [0.4, 0.5) is 0 Å². The fourth-order valence-electron chi connectivity index (χ4n) is 1.07. The summed E-state index contributed by atoms with van der Waals surface area (Å²) in [5.41, 5.74) is 5.39. The number of amides is 1. The van der Waals surface area contributed by atoms with Crippen molar-refractivity contribution in [3.8, 4) is 11.8 Å². The number of nitrogens with two attached hydrogens (primary N) is 1. The molecule has 2 aromatic rings. The summed E-state index contributed by atoms with van der Waals surface area (Å²) in [6, 6.07) is 1.64. The van der Waals surface area contributed by atoms with E-state index in [-0.39, 0.29) is 11.6 Å². The highest BCUT2D eigenvalue weighted by Crippen LogP contribution is 2.18. The third-order valence-electron chi connectivity index (χ3n) is 1.80. The monoisotopic (exact) mass is 294 g/mol. The molecule has 1 amide bonds. The summed E-state index contributed by atoms with van der Waals surface area (Å²) in [7, 11) is 0. The summed E-state index contributed by atoms with van der Waals surface area (Å²) in [4.78, 5) is 22.6. The standard InChI is InChI=1S/C10H7BrN4O2/c11-7-3-14-10(15-4-7)17-8-1-6(9(12)16)2-13-5-8/h1-5H,(H2,12,16). The van der Waals surface area contributed by atoms with E-state index in [0.717, 1.165) is 4.47 Å². The van der Waals surface area contributed by atoms with Crippen LogP contribution in [0.2, 0.25) is 0 Å². The summed E-state index contributed by atoms with van der Waals surface area (Å²) in [5.74, 6) is -0.219. The smallest absolute Gasteiger partial charge is 0.321 e. The maximum Gasteiger partial charge on any atom is 0.321 e. The van der Waals surface area contributed by atoms with Crippen LogP contribution < -0.4 is 10.5 Å². The first-order valence-electron chi connectivity index (χ1n) is 4.55. The molecule has 7 heteroatoms. The van der Waals surface area contributed by atoms with Crippen LogP contribution in [0.15, 0.2) is 35.3 Å². The molecule has 86 valence electrons. The molecule has 0 unspecified atom stereocenters. The second kappa shape index (κ2) is 4.88. The zero-order valence-electron chi connectivity index (χ0n) is 8.50. The third kappa shape index (κ3) is 2.97. The second-order valence-electron chi connectivity index (χ2n) is 3.06. The minimum Gasteiger partial charge on any atom is -0.423 e. The molecule has 0 fully saturated rings. The Kier molecular flexibility index (Phi) is 3.29. The Hall–Kier alpha value is -2.02. The van der Waals surface area contributed by atoms with Crippen molar-refractivity contribution in [3.05, 3.63) is 40.9 Å². The van der Waals surface area contributed by atoms with Crippen LogP contribution in [-0.2, 0) is 0 Å². The van der Waals surface area contributed by atoms with Crippen molar-refractivity contribution in [1.29, 1.82) is 0 Å². The van der Waals surface area contributed by atoms with Crippen molar-refractivity contribution < 1.29 is 9.53 Å². The van der Waals surface area contributed by atoms with Gasteiger partial charge >= 0.3 is 6.01 Å². The van der Waals surface area contributed by atoms with E-state index < -0.39 is 5.91 Å². The van der Waals surface area contributed by atoms with Gasteiger partial charge in [0.25, 0.3) is 0 Å². The highest BCUT2D eigenvalue weighted by Gasteiger charge is 2.05. The van der Waals surface area contributed by atoms with Crippen LogP contribution in [-0.4, -0.2) is 20.9 Å². The number of rotatable bonds is 3. The Bertz CT molecular complexity index is 544. The van der Waals surface area contributed by atoms with Crippen molar-refractivity contribution in [1.82, 2.24) is 15.0 Å². The summed E-state index contributed by atoms with van der Waals surface area (Å²) in [6.07, 6.45) is 5.90. The van der Waals surface area contributed by atoms with Gasteiger partial charge in [-0.05, 0) is 22.0 Å². The number of nitrogens with zero attached hydrogens (tertiary/aromatic N) is 3. The number of hydrogen-bond acceptors (Lipinski definition) is 5. The van der Waals surface area contributed by atoms with Gasteiger partial charge in [-0.15, -0.1) is 0 Å². The van der Waals surface area contributed by atoms with Gasteiger partial charge in [0.1, 0.15) is 5.75 Å². The van der Waals surface area contributed by atoms with E-state index in [9.17, 15) is 4.79 Å². The molecule has 0 radical (unpaired) electrons. The molecule has 6 nitrogen and oxygen atoms in total. The summed E-state index contributed by atoms with van der Waals surface area (Å²) >= 11 is 3.21. The normalized spacial score (nSPS) is 9.94. The molecule has 0 spiro atoms. The van der Waals surface area contributed by atoms with Gasteiger partial charge in [0, 0.05) is 18.6 Å². The molecule has 0 aliphatic carbocycles. The summed E-state index contributed by atoms with van der Waals surface area (Å²) in [6.45, 7) is 0. The van der Waals surface area contributed by atoms with Gasteiger partial charge in [-0.1, -0.05) is 0 Å². The van der Waals surface area contributed by atoms with E-state index in [1.165, 1.54) is 18.5 Å². The topological polar surface area (TPSA) is 91.0 Å². The minimum atomic E-state index is -0.570. The van der Waals surface area contributed by atoms with E-state index in [4.69, 9.17) is 10.5 Å². The Morgan fingerprint density at radius 2 is 1.94 bits per heavy atom. The quantitative estimate of drug-likeness (QED) is 0.927. The molecule has 2 heterocycles. The lowest BCUT2D eigenvalue weighted by Crippen LogP contribution is -2.11. The molecule has 0 saturated heterocycles. The predicted octanol–water partition coefficient (Wildman–Crippen LogP) is 1.53. The predicted molar refractivity (Wildman–Crippen MR) is 62.6 cm³/mol. The number of aromatic nitrogens is 3. The highest BCUT2D eigenvalue weighted by atomic mass is 79.9. The molecule has 0 saturated carbocycles. The zero-order valence-corrected chi connectivity index (χ0v) is 10.1. The van der Waals surface area contributed by atoms with E-state index in [2.05, 4.69) is 30.9 Å². The SMILES string of the molecule is NC(=O)c1cncc(Oc2ncc(Br)cn2)c1. The number of hydrogen-bond donors (Lipinski definition) is 1. The zero-order chi connectivity index (χ0) is 12.3. The number of carbonyl (C=O) groups excluding carboxylic acids is 1. The maximum atomic E-state index is 10.9. The molecule has 2 rings (SSSR count). The molecule has 0 aliphatic rings. The first-order valence-corrected chi connectivity index (χ1v) is 5.35. The number of halogens is 1. The summed E-state index contributed by atoms with van der Waals surface area (Å²) in [5, 5.41) is 0. The highest BCUT2D eigenvalue weighted by molar-refractivity contribution is 9.10. The van der Waals surface area contributed by atoms with Gasteiger partial charge in [0.05, 0.1) is 16.2 Å². The van der Waals surface area contributed by atoms with Gasteiger partial charge in [-0.2, -0.15) is 0 Å². The third-order valence-corrected chi connectivity index (χ3v) is 2.21. The van der Waals surface area contributed by atoms with Crippen molar-refractivity contribution in [2.24, 2.45) is 5.73 Å². The largest absolute Gasteiger partial charge is 0.423 e. The number of primary amides is 1. The Morgan fingerprint density at radius 3 is 2.59 bits per heavy atom. The van der Waals surface area contributed by atoms with E-state index >= 15 is 0 Å². The van der Waals surface area contributed by atoms with Gasteiger partial charge in [0.2, 0.25) is 5.91 Å². The summed E-state index contributed by atoms with van der Waals surface area (Å²) < 4.78 is 6.06. The van der Waals surface area contributed by atoms with Gasteiger partial charge in [-0.3, -0.25) is 9.78 Å². The first kappa shape index (κ1) is 11.5. The van der Waals surface area contributed by atoms with Crippen LogP contribution in [0.25, 0.3) is 0 Å². The molecule has 0 bridgehead atoms. The second-order valence-corrected chi connectivity index (χ2v) is 3.98. The lowest BCUT2D eigenvalue weighted by molar-refractivity contribution is 0.0999. The Balaban J connectivity index is 2.21. The van der Waals surface area contributed by atoms with Crippen molar-refractivity contribution in [2.45, 2.75) is 0 Å². The number of pyridine rings is 1. The number of carbonyl (C=O) groups is 1. The average molecular weight is 295 g/mol. The molecular formula is C10H7BrN4O2. The van der Waals surface area contributed by atoms with Crippen LogP contribution in [0.3, 0.4) is 0 Å². The van der Waals surface area contributed by atoms with Gasteiger partial charge in [-0.25, -0.2) is 9.97 Å². The van der Waals surface area contributed by atoms with Crippen LogP contribution in [0, 0.1) is 0 Å². The number of ether oxygens (including phenoxy) is 1.